The fourth-order valence-electron chi connectivity index (χ4n) is 4.04. The van der Waals surface area contributed by atoms with Gasteiger partial charge in [-0.1, -0.05) is 29.6 Å². The van der Waals surface area contributed by atoms with Gasteiger partial charge in [0.2, 0.25) is 0 Å². The Labute approximate surface area is 165 Å². The van der Waals surface area contributed by atoms with Crippen LogP contribution in [-0.4, -0.2) is 40.9 Å². The highest BCUT2D eigenvalue weighted by atomic mass is 35.5. The van der Waals surface area contributed by atoms with Crippen molar-refractivity contribution in [2.75, 3.05) is 31.5 Å². The van der Waals surface area contributed by atoms with E-state index < -0.39 is 0 Å². The van der Waals surface area contributed by atoms with Crippen LogP contribution in [0, 0.1) is 0 Å². The third-order valence-corrected chi connectivity index (χ3v) is 6.02. The van der Waals surface area contributed by atoms with E-state index in [4.69, 9.17) is 28.3 Å². The SMILES string of the molecule is Clc1ccc(Cl)c(-n2nc(CCN3CCCCC3)c3c2NCCCC3)c1. The first-order chi connectivity index (χ1) is 12.7. The lowest BCUT2D eigenvalue weighted by molar-refractivity contribution is 0.230. The Bertz CT molecular complexity index is 765. The number of benzene rings is 1. The molecule has 0 unspecified atom stereocenters. The molecule has 0 bridgehead atoms. The van der Waals surface area contributed by atoms with Gasteiger partial charge in [-0.25, -0.2) is 4.68 Å². The molecule has 4 rings (SSSR count). The van der Waals surface area contributed by atoms with E-state index in [2.05, 4.69) is 10.2 Å². The van der Waals surface area contributed by atoms with Gasteiger partial charge in [-0.3, -0.25) is 0 Å². The number of anilines is 1. The second-order valence-electron chi connectivity index (χ2n) is 7.32. The number of nitrogens with zero attached hydrogens (tertiary/aromatic N) is 3. The van der Waals surface area contributed by atoms with E-state index in [0.29, 0.717) is 10.0 Å². The van der Waals surface area contributed by atoms with Crippen LogP contribution >= 0.6 is 23.2 Å². The van der Waals surface area contributed by atoms with Crippen LogP contribution in [0.25, 0.3) is 5.69 Å². The lowest BCUT2D eigenvalue weighted by Gasteiger charge is -2.26. The molecule has 26 heavy (non-hydrogen) atoms. The minimum absolute atomic E-state index is 0.674. The summed E-state index contributed by atoms with van der Waals surface area (Å²) in [5, 5.41) is 9.91. The highest BCUT2D eigenvalue weighted by Gasteiger charge is 2.22. The molecule has 6 heteroatoms. The van der Waals surface area contributed by atoms with Crippen molar-refractivity contribution in [3.63, 3.8) is 0 Å². The van der Waals surface area contributed by atoms with Gasteiger partial charge in [-0.15, -0.1) is 0 Å². The Morgan fingerprint density at radius 2 is 1.88 bits per heavy atom. The maximum atomic E-state index is 6.47. The number of likely N-dealkylation sites (tertiary alicyclic amines) is 1. The molecular weight excluding hydrogens is 367 g/mol. The first-order valence-electron chi connectivity index (χ1n) is 9.75. The van der Waals surface area contributed by atoms with E-state index in [-0.39, 0.29) is 0 Å². The standard InChI is InChI=1S/C20H26Cl2N4/c21-15-7-8-17(22)19(14-15)26-20-16(6-2-3-10-23-20)18(24-26)9-13-25-11-4-1-5-12-25/h7-8,14,23H,1-6,9-13H2. The van der Waals surface area contributed by atoms with Gasteiger partial charge < -0.3 is 10.2 Å². The summed E-state index contributed by atoms with van der Waals surface area (Å²) in [5.74, 6) is 1.10. The van der Waals surface area contributed by atoms with Gasteiger partial charge in [0.25, 0.3) is 0 Å². The zero-order chi connectivity index (χ0) is 17.9. The van der Waals surface area contributed by atoms with E-state index >= 15 is 0 Å². The first-order valence-corrected chi connectivity index (χ1v) is 10.5. The molecule has 1 fully saturated rings. The molecule has 0 radical (unpaired) electrons. The Balaban J connectivity index is 1.66. The second-order valence-corrected chi connectivity index (χ2v) is 8.16. The van der Waals surface area contributed by atoms with Crippen LogP contribution in [0.5, 0.6) is 0 Å². The molecule has 140 valence electrons. The van der Waals surface area contributed by atoms with Crippen molar-refractivity contribution < 1.29 is 0 Å². The molecule has 2 aliphatic rings. The van der Waals surface area contributed by atoms with Crippen LogP contribution < -0.4 is 5.32 Å². The number of hydrogen-bond donors (Lipinski definition) is 1. The van der Waals surface area contributed by atoms with Crippen LogP contribution in [0.1, 0.15) is 43.4 Å². The Kier molecular flexibility index (Phi) is 5.72. The van der Waals surface area contributed by atoms with Crippen molar-refractivity contribution in [2.24, 2.45) is 0 Å². The fourth-order valence-corrected chi connectivity index (χ4v) is 4.41. The van der Waals surface area contributed by atoms with Crippen molar-refractivity contribution in [1.29, 1.82) is 0 Å². The molecule has 0 amide bonds. The van der Waals surface area contributed by atoms with E-state index in [1.807, 2.05) is 22.9 Å². The van der Waals surface area contributed by atoms with E-state index in [1.165, 1.54) is 56.5 Å². The molecule has 2 aromatic rings. The molecule has 1 aromatic heterocycles. The summed E-state index contributed by atoms with van der Waals surface area (Å²) in [6, 6.07) is 5.57. The van der Waals surface area contributed by atoms with E-state index in [1.54, 1.807) is 0 Å². The fraction of sp³-hybridized carbons (Fsp3) is 0.550. The molecule has 0 atom stereocenters. The number of nitrogens with one attached hydrogen (secondary N) is 1. The van der Waals surface area contributed by atoms with Crippen molar-refractivity contribution >= 4 is 29.0 Å². The summed E-state index contributed by atoms with van der Waals surface area (Å²) >= 11 is 12.7. The zero-order valence-electron chi connectivity index (χ0n) is 15.1. The maximum Gasteiger partial charge on any atom is 0.133 e. The van der Waals surface area contributed by atoms with Crippen molar-refractivity contribution in [2.45, 2.75) is 44.9 Å². The summed E-state index contributed by atoms with van der Waals surface area (Å²) in [4.78, 5) is 2.57. The molecule has 4 nitrogen and oxygen atoms in total. The average molecular weight is 393 g/mol. The van der Waals surface area contributed by atoms with Gasteiger partial charge in [0, 0.05) is 30.1 Å². The smallest absolute Gasteiger partial charge is 0.133 e. The van der Waals surface area contributed by atoms with Crippen LogP contribution in [0.3, 0.4) is 0 Å². The quantitative estimate of drug-likeness (QED) is 0.798. The average Bonchev–Trinajstić information content (AvgIpc) is 2.83. The Morgan fingerprint density at radius 1 is 1.04 bits per heavy atom. The third-order valence-electron chi connectivity index (χ3n) is 5.46. The molecule has 0 aliphatic carbocycles. The molecule has 0 spiro atoms. The summed E-state index contributed by atoms with van der Waals surface area (Å²) in [6.45, 7) is 4.51. The van der Waals surface area contributed by atoms with E-state index in [0.717, 1.165) is 37.4 Å². The van der Waals surface area contributed by atoms with Crippen LogP contribution in [0.15, 0.2) is 18.2 Å². The highest BCUT2D eigenvalue weighted by Crippen LogP contribution is 2.32. The predicted octanol–water partition coefficient (Wildman–Crippen LogP) is 4.96. The number of fused-ring (bicyclic) bond motifs is 1. The van der Waals surface area contributed by atoms with Crippen LogP contribution in [0.2, 0.25) is 10.0 Å². The highest BCUT2D eigenvalue weighted by molar-refractivity contribution is 6.34. The topological polar surface area (TPSA) is 33.1 Å². The van der Waals surface area contributed by atoms with Gasteiger partial charge in [-0.2, -0.15) is 5.10 Å². The van der Waals surface area contributed by atoms with Gasteiger partial charge >= 0.3 is 0 Å². The lowest BCUT2D eigenvalue weighted by atomic mass is 10.1. The van der Waals surface area contributed by atoms with Crippen molar-refractivity contribution in [3.8, 4) is 5.69 Å². The van der Waals surface area contributed by atoms with Gasteiger partial charge in [0.1, 0.15) is 5.82 Å². The largest absolute Gasteiger partial charge is 0.370 e. The summed E-state index contributed by atoms with van der Waals surface area (Å²) in [6.07, 6.45) is 8.48. The number of halogens is 2. The van der Waals surface area contributed by atoms with Crippen molar-refractivity contribution in [1.82, 2.24) is 14.7 Å². The summed E-state index contributed by atoms with van der Waals surface area (Å²) < 4.78 is 1.97. The van der Waals surface area contributed by atoms with Gasteiger partial charge in [0.05, 0.1) is 16.4 Å². The van der Waals surface area contributed by atoms with Gasteiger partial charge in [0.15, 0.2) is 0 Å². The number of piperidine rings is 1. The molecule has 3 heterocycles. The van der Waals surface area contributed by atoms with Gasteiger partial charge in [-0.05, 0) is 63.4 Å². The summed E-state index contributed by atoms with van der Waals surface area (Å²) in [7, 11) is 0. The number of aromatic nitrogens is 2. The maximum absolute atomic E-state index is 6.47. The summed E-state index contributed by atoms with van der Waals surface area (Å²) in [5.41, 5.74) is 3.42. The Hall–Kier alpha value is -1.23. The second kappa shape index (κ2) is 8.20. The molecule has 1 aromatic carbocycles. The number of rotatable bonds is 4. The van der Waals surface area contributed by atoms with Crippen LogP contribution in [-0.2, 0) is 12.8 Å². The van der Waals surface area contributed by atoms with Crippen molar-refractivity contribution in [3.05, 3.63) is 39.5 Å². The molecule has 2 aliphatic heterocycles. The van der Waals surface area contributed by atoms with E-state index in [9.17, 15) is 0 Å². The molecule has 0 saturated carbocycles. The molecule has 1 saturated heterocycles. The minimum atomic E-state index is 0.674. The molecular formula is C20H26Cl2N4. The monoisotopic (exact) mass is 392 g/mol. The number of hydrogen-bond acceptors (Lipinski definition) is 3. The first kappa shape index (κ1) is 18.1. The lowest BCUT2D eigenvalue weighted by Crippen LogP contribution is -2.31. The predicted molar refractivity (Wildman–Crippen MR) is 109 cm³/mol. The zero-order valence-corrected chi connectivity index (χ0v) is 16.6. The normalized spacial score (nSPS) is 18.2. The molecule has 1 N–H and O–H groups in total. The Morgan fingerprint density at radius 3 is 2.73 bits per heavy atom. The minimum Gasteiger partial charge on any atom is -0.370 e. The third kappa shape index (κ3) is 3.88. The van der Waals surface area contributed by atoms with Crippen LogP contribution in [0.4, 0.5) is 5.82 Å².